The summed E-state index contributed by atoms with van der Waals surface area (Å²) in [7, 11) is -3.81. The zero-order valence-electron chi connectivity index (χ0n) is 11.3. The molecular weight excluding hydrogens is 363 g/mol. The van der Waals surface area contributed by atoms with Crippen LogP contribution in [0.4, 0.5) is 5.69 Å². The van der Waals surface area contributed by atoms with E-state index < -0.39 is 10.0 Å². The molecular formula is C14H10Cl2N2O2S2. The minimum Gasteiger partial charge on any atom is -0.280 e. The number of halogens is 2. The lowest BCUT2D eigenvalue weighted by atomic mass is 10.3. The predicted molar refractivity (Wildman–Crippen MR) is 91.6 cm³/mol. The fourth-order valence-corrected chi connectivity index (χ4v) is 4.68. The predicted octanol–water partition coefficient (Wildman–Crippen LogP) is 4.71. The highest BCUT2D eigenvalue weighted by Gasteiger charge is 2.19. The second-order valence-electron chi connectivity index (χ2n) is 4.60. The molecule has 8 heteroatoms. The van der Waals surface area contributed by atoms with E-state index in [0.717, 1.165) is 15.2 Å². The van der Waals surface area contributed by atoms with Gasteiger partial charge in [-0.15, -0.1) is 11.3 Å². The first-order chi connectivity index (χ1) is 10.3. The van der Waals surface area contributed by atoms with Crippen LogP contribution in [0.3, 0.4) is 0 Å². The van der Waals surface area contributed by atoms with Crippen LogP contribution in [0, 0.1) is 6.92 Å². The van der Waals surface area contributed by atoms with Gasteiger partial charge in [0.05, 0.1) is 25.9 Å². The maximum absolute atomic E-state index is 12.4. The molecule has 0 saturated heterocycles. The molecule has 0 unspecified atom stereocenters. The minimum absolute atomic E-state index is 0.0535. The van der Waals surface area contributed by atoms with Crippen molar-refractivity contribution >= 4 is 60.5 Å². The molecule has 0 saturated carbocycles. The molecule has 0 atom stereocenters. The molecule has 3 aromatic rings. The van der Waals surface area contributed by atoms with Crippen molar-refractivity contribution in [3.8, 4) is 0 Å². The summed E-state index contributed by atoms with van der Waals surface area (Å²) in [6, 6.07) is 9.49. The highest BCUT2D eigenvalue weighted by molar-refractivity contribution is 7.92. The Kier molecular flexibility index (Phi) is 4.03. The van der Waals surface area contributed by atoms with Crippen LogP contribution in [0.1, 0.15) is 5.01 Å². The lowest BCUT2D eigenvalue weighted by molar-refractivity contribution is 0.601. The summed E-state index contributed by atoms with van der Waals surface area (Å²) in [6.07, 6.45) is 0. The Morgan fingerprint density at radius 1 is 1.14 bits per heavy atom. The molecule has 1 aromatic heterocycles. The molecule has 2 aromatic carbocycles. The molecule has 0 aliphatic rings. The van der Waals surface area contributed by atoms with E-state index in [1.165, 1.54) is 29.5 Å². The van der Waals surface area contributed by atoms with E-state index in [4.69, 9.17) is 23.2 Å². The molecule has 0 spiro atoms. The molecule has 4 nitrogen and oxygen atoms in total. The number of anilines is 1. The van der Waals surface area contributed by atoms with Gasteiger partial charge < -0.3 is 0 Å². The number of aromatic nitrogens is 1. The zero-order chi connectivity index (χ0) is 15.9. The van der Waals surface area contributed by atoms with Gasteiger partial charge in [0.25, 0.3) is 10.0 Å². The molecule has 22 heavy (non-hydrogen) atoms. The first-order valence-corrected chi connectivity index (χ1v) is 9.26. The van der Waals surface area contributed by atoms with Gasteiger partial charge in [0.1, 0.15) is 4.90 Å². The number of fused-ring (bicyclic) bond motifs is 1. The number of thiazole rings is 1. The first kappa shape index (κ1) is 15.6. The van der Waals surface area contributed by atoms with Crippen LogP contribution in [0.2, 0.25) is 10.0 Å². The molecule has 3 rings (SSSR count). The Morgan fingerprint density at radius 3 is 2.68 bits per heavy atom. The van der Waals surface area contributed by atoms with Crippen molar-refractivity contribution in [3.05, 3.63) is 51.5 Å². The standard InChI is InChI=1S/C14H10Cl2N2O2S2/c1-8-17-12-5-3-10(7-13(12)21-8)18-22(19,20)14-6-9(15)2-4-11(14)16/h2-7,18H,1H3. The number of nitrogens with one attached hydrogen (secondary N) is 1. The van der Waals surface area contributed by atoms with E-state index in [-0.39, 0.29) is 9.92 Å². The van der Waals surface area contributed by atoms with E-state index in [9.17, 15) is 8.42 Å². The molecule has 0 aliphatic carbocycles. The van der Waals surface area contributed by atoms with E-state index in [0.29, 0.717) is 10.7 Å². The topological polar surface area (TPSA) is 59.1 Å². The van der Waals surface area contributed by atoms with Crippen LogP contribution < -0.4 is 4.72 Å². The third kappa shape index (κ3) is 3.05. The van der Waals surface area contributed by atoms with Gasteiger partial charge in [-0.1, -0.05) is 23.2 Å². The Labute approximate surface area is 141 Å². The van der Waals surface area contributed by atoms with E-state index in [1.54, 1.807) is 18.2 Å². The molecule has 0 radical (unpaired) electrons. The second kappa shape index (κ2) is 5.70. The van der Waals surface area contributed by atoms with Crippen molar-refractivity contribution in [3.63, 3.8) is 0 Å². The van der Waals surface area contributed by atoms with Gasteiger partial charge in [-0.25, -0.2) is 13.4 Å². The normalized spacial score (nSPS) is 11.8. The van der Waals surface area contributed by atoms with Crippen molar-refractivity contribution in [2.75, 3.05) is 4.72 Å². The van der Waals surface area contributed by atoms with Crippen LogP contribution in [-0.2, 0) is 10.0 Å². The van der Waals surface area contributed by atoms with E-state index in [2.05, 4.69) is 9.71 Å². The minimum atomic E-state index is -3.81. The molecule has 114 valence electrons. The number of nitrogens with zero attached hydrogens (tertiary/aromatic N) is 1. The van der Waals surface area contributed by atoms with Crippen molar-refractivity contribution < 1.29 is 8.42 Å². The summed E-state index contributed by atoms with van der Waals surface area (Å²) >= 11 is 13.3. The Bertz CT molecular complexity index is 968. The quantitative estimate of drug-likeness (QED) is 0.723. The molecule has 0 amide bonds. The van der Waals surface area contributed by atoms with Crippen molar-refractivity contribution in [1.29, 1.82) is 0 Å². The highest BCUT2D eigenvalue weighted by atomic mass is 35.5. The van der Waals surface area contributed by atoms with Gasteiger partial charge in [0.15, 0.2) is 0 Å². The maximum Gasteiger partial charge on any atom is 0.263 e. The van der Waals surface area contributed by atoms with Crippen LogP contribution in [0.5, 0.6) is 0 Å². The van der Waals surface area contributed by atoms with Crippen molar-refractivity contribution in [2.24, 2.45) is 0 Å². The largest absolute Gasteiger partial charge is 0.280 e. The SMILES string of the molecule is Cc1nc2ccc(NS(=O)(=O)c3cc(Cl)ccc3Cl)cc2s1. The number of rotatable bonds is 3. The van der Waals surface area contributed by atoms with Crippen LogP contribution >= 0.6 is 34.5 Å². The number of hydrogen-bond acceptors (Lipinski definition) is 4. The average Bonchev–Trinajstić information content (AvgIpc) is 2.80. The van der Waals surface area contributed by atoms with Crippen LogP contribution in [-0.4, -0.2) is 13.4 Å². The van der Waals surface area contributed by atoms with Gasteiger partial charge in [-0.05, 0) is 43.3 Å². The van der Waals surface area contributed by atoms with Gasteiger partial charge in [0, 0.05) is 5.02 Å². The van der Waals surface area contributed by atoms with Crippen molar-refractivity contribution in [2.45, 2.75) is 11.8 Å². The first-order valence-electron chi connectivity index (χ1n) is 6.20. The number of benzene rings is 2. The van der Waals surface area contributed by atoms with Crippen molar-refractivity contribution in [1.82, 2.24) is 4.98 Å². The molecule has 0 bridgehead atoms. The highest BCUT2D eigenvalue weighted by Crippen LogP contribution is 2.29. The number of aryl methyl sites for hydroxylation is 1. The zero-order valence-corrected chi connectivity index (χ0v) is 14.4. The van der Waals surface area contributed by atoms with Gasteiger partial charge in [0.2, 0.25) is 0 Å². The Balaban J connectivity index is 2.00. The molecule has 1 N–H and O–H groups in total. The van der Waals surface area contributed by atoms with Crippen LogP contribution in [0.15, 0.2) is 41.3 Å². The summed E-state index contributed by atoms with van der Waals surface area (Å²) in [4.78, 5) is 4.28. The fraction of sp³-hybridized carbons (Fsp3) is 0.0714. The average molecular weight is 373 g/mol. The summed E-state index contributed by atoms with van der Waals surface area (Å²) in [5, 5.41) is 1.35. The lowest BCUT2D eigenvalue weighted by Crippen LogP contribution is -2.13. The Morgan fingerprint density at radius 2 is 1.91 bits per heavy atom. The second-order valence-corrected chi connectivity index (χ2v) is 8.32. The third-order valence-electron chi connectivity index (χ3n) is 2.93. The van der Waals surface area contributed by atoms with Crippen LogP contribution in [0.25, 0.3) is 10.2 Å². The monoisotopic (exact) mass is 372 g/mol. The number of hydrogen-bond donors (Lipinski definition) is 1. The summed E-state index contributed by atoms with van der Waals surface area (Å²) < 4.78 is 28.3. The van der Waals surface area contributed by atoms with Gasteiger partial charge >= 0.3 is 0 Å². The molecule has 1 heterocycles. The summed E-state index contributed by atoms with van der Waals surface area (Å²) in [5.41, 5.74) is 1.29. The molecule has 0 aliphatic heterocycles. The molecule has 0 fully saturated rings. The fourth-order valence-electron chi connectivity index (χ4n) is 2.00. The summed E-state index contributed by atoms with van der Waals surface area (Å²) in [6.45, 7) is 1.90. The third-order valence-corrected chi connectivity index (χ3v) is 5.96. The van der Waals surface area contributed by atoms with Gasteiger partial charge in [-0.3, -0.25) is 4.72 Å². The van der Waals surface area contributed by atoms with E-state index >= 15 is 0 Å². The number of sulfonamides is 1. The van der Waals surface area contributed by atoms with E-state index in [1.807, 2.05) is 6.92 Å². The maximum atomic E-state index is 12.4. The van der Waals surface area contributed by atoms with Gasteiger partial charge in [-0.2, -0.15) is 0 Å². The Hall–Kier alpha value is -1.34. The lowest BCUT2D eigenvalue weighted by Gasteiger charge is -2.09. The smallest absolute Gasteiger partial charge is 0.263 e. The summed E-state index contributed by atoms with van der Waals surface area (Å²) in [5.74, 6) is 0.